The van der Waals surface area contributed by atoms with E-state index in [1.807, 2.05) is 36.4 Å². The molecule has 0 bridgehead atoms. The van der Waals surface area contributed by atoms with Gasteiger partial charge >= 0.3 is 6.36 Å². The summed E-state index contributed by atoms with van der Waals surface area (Å²) >= 11 is 0. The summed E-state index contributed by atoms with van der Waals surface area (Å²) in [5.41, 5.74) is 2.38. The molecule has 2 aromatic carbocycles. The van der Waals surface area contributed by atoms with Crippen molar-refractivity contribution in [2.75, 3.05) is 6.61 Å². The molecular formula is C23H19F3N4O3. The average molecular weight is 456 g/mol. The predicted molar refractivity (Wildman–Crippen MR) is 114 cm³/mol. The van der Waals surface area contributed by atoms with Gasteiger partial charge in [-0.2, -0.15) is 0 Å². The van der Waals surface area contributed by atoms with Gasteiger partial charge in [-0.25, -0.2) is 4.98 Å². The minimum absolute atomic E-state index is 0.161. The Hall–Kier alpha value is -4.08. The number of imidazole rings is 1. The number of carbonyl (C=O) groups is 1. The van der Waals surface area contributed by atoms with E-state index >= 15 is 0 Å². The van der Waals surface area contributed by atoms with Gasteiger partial charge in [-0.1, -0.05) is 30.3 Å². The lowest BCUT2D eigenvalue weighted by atomic mass is 10.1. The second kappa shape index (κ2) is 9.60. The lowest BCUT2D eigenvalue weighted by Gasteiger charge is -2.25. The second-order valence-corrected chi connectivity index (χ2v) is 7.01. The van der Waals surface area contributed by atoms with E-state index in [0.717, 1.165) is 22.5 Å². The maximum atomic E-state index is 12.4. The number of para-hydroxylation sites is 3. The SMILES string of the molecule is FC(F)(F)Oc1ccccc1.O=C(NC1CCOc2cccnc21)c1nc2ccccc2[nH]1. The minimum Gasteiger partial charge on any atom is -0.491 e. The first-order chi connectivity index (χ1) is 15.9. The molecular weight excluding hydrogens is 437 g/mol. The Morgan fingerprint density at radius 1 is 1.06 bits per heavy atom. The van der Waals surface area contributed by atoms with Gasteiger partial charge in [-0.05, 0) is 36.4 Å². The molecule has 1 aliphatic rings. The molecule has 3 heterocycles. The fourth-order valence-corrected chi connectivity index (χ4v) is 3.26. The van der Waals surface area contributed by atoms with E-state index in [9.17, 15) is 18.0 Å². The topological polar surface area (TPSA) is 89.1 Å². The normalized spacial score (nSPS) is 14.9. The number of hydrogen-bond donors (Lipinski definition) is 2. The van der Waals surface area contributed by atoms with E-state index in [2.05, 4.69) is 25.0 Å². The predicted octanol–water partition coefficient (Wildman–Crippen LogP) is 4.80. The summed E-state index contributed by atoms with van der Waals surface area (Å²) in [7, 11) is 0. The molecule has 1 unspecified atom stereocenters. The van der Waals surface area contributed by atoms with E-state index < -0.39 is 6.36 Å². The van der Waals surface area contributed by atoms with Crippen LogP contribution in [0.2, 0.25) is 0 Å². The van der Waals surface area contributed by atoms with Crippen LogP contribution in [0, 0.1) is 0 Å². The summed E-state index contributed by atoms with van der Waals surface area (Å²) < 4.78 is 43.7. The Bertz CT molecular complexity index is 1200. The van der Waals surface area contributed by atoms with Gasteiger partial charge in [0.25, 0.3) is 5.91 Å². The third-order valence-corrected chi connectivity index (χ3v) is 4.68. The van der Waals surface area contributed by atoms with Gasteiger partial charge < -0.3 is 19.8 Å². The fraction of sp³-hybridized carbons (Fsp3) is 0.174. The van der Waals surface area contributed by atoms with Crippen LogP contribution >= 0.6 is 0 Å². The van der Waals surface area contributed by atoms with Gasteiger partial charge in [-0.3, -0.25) is 9.78 Å². The van der Waals surface area contributed by atoms with Crippen molar-refractivity contribution < 1.29 is 27.4 Å². The molecule has 33 heavy (non-hydrogen) atoms. The van der Waals surface area contributed by atoms with E-state index in [-0.39, 0.29) is 17.7 Å². The van der Waals surface area contributed by atoms with Gasteiger partial charge in [0.15, 0.2) is 5.82 Å². The first kappa shape index (κ1) is 22.1. The van der Waals surface area contributed by atoms with Crippen molar-refractivity contribution in [1.29, 1.82) is 0 Å². The summed E-state index contributed by atoms with van der Waals surface area (Å²) in [6, 6.07) is 18.1. The van der Waals surface area contributed by atoms with E-state index in [1.165, 1.54) is 24.3 Å². The molecule has 1 amide bonds. The summed E-state index contributed by atoms with van der Waals surface area (Å²) in [5.74, 6) is 0.605. The number of aromatic amines is 1. The van der Waals surface area contributed by atoms with Gasteiger partial charge in [0, 0.05) is 12.6 Å². The number of ether oxygens (including phenoxy) is 2. The summed E-state index contributed by atoms with van der Waals surface area (Å²) in [6.45, 7) is 0.559. The van der Waals surface area contributed by atoms with Crippen LogP contribution in [0.25, 0.3) is 11.0 Å². The smallest absolute Gasteiger partial charge is 0.491 e. The second-order valence-electron chi connectivity index (χ2n) is 7.01. The molecule has 10 heteroatoms. The lowest BCUT2D eigenvalue weighted by Crippen LogP contribution is -2.33. The van der Waals surface area contributed by atoms with Gasteiger partial charge in [0.05, 0.1) is 23.7 Å². The number of hydrogen-bond acceptors (Lipinski definition) is 5. The molecule has 5 rings (SSSR count). The first-order valence-corrected chi connectivity index (χ1v) is 10.0. The molecule has 4 aromatic rings. The van der Waals surface area contributed by atoms with Gasteiger partial charge in [0.2, 0.25) is 0 Å². The zero-order valence-corrected chi connectivity index (χ0v) is 17.2. The molecule has 0 saturated carbocycles. The highest BCUT2D eigenvalue weighted by Crippen LogP contribution is 2.29. The summed E-state index contributed by atoms with van der Waals surface area (Å²) in [5, 5.41) is 2.98. The van der Waals surface area contributed by atoms with Crippen molar-refractivity contribution in [2.45, 2.75) is 18.8 Å². The third kappa shape index (κ3) is 5.79. The largest absolute Gasteiger partial charge is 0.573 e. The number of H-pyrrole nitrogens is 1. The molecule has 0 radical (unpaired) electrons. The van der Waals surface area contributed by atoms with Gasteiger partial charge in [-0.15, -0.1) is 13.2 Å². The van der Waals surface area contributed by atoms with Crippen LogP contribution in [0.5, 0.6) is 11.5 Å². The van der Waals surface area contributed by atoms with Crippen LogP contribution in [0.3, 0.4) is 0 Å². The number of fused-ring (bicyclic) bond motifs is 2. The highest BCUT2D eigenvalue weighted by molar-refractivity contribution is 5.94. The number of nitrogens with one attached hydrogen (secondary N) is 2. The quantitative estimate of drug-likeness (QED) is 0.463. The number of alkyl halides is 3. The number of rotatable bonds is 3. The highest BCUT2D eigenvalue weighted by atomic mass is 19.4. The molecule has 1 atom stereocenters. The molecule has 0 aliphatic carbocycles. The molecule has 0 saturated heterocycles. The van der Waals surface area contributed by atoms with Crippen LogP contribution in [0.15, 0.2) is 72.9 Å². The summed E-state index contributed by atoms with van der Waals surface area (Å²) in [6.07, 6.45) is -2.20. The van der Waals surface area contributed by atoms with Crippen LogP contribution in [-0.4, -0.2) is 33.8 Å². The van der Waals surface area contributed by atoms with Crippen molar-refractivity contribution >= 4 is 16.9 Å². The molecule has 170 valence electrons. The van der Waals surface area contributed by atoms with Crippen molar-refractivity contribution in [3.8, 4) is 11.5 Å². The van der Waals surface area contributed by atoms with E-state index in [0.29, 0.717) is 18.9 Å². The molecule has 0 spiro atoms. The molecule has 2 aromatic heterocycles. The monoisotopic (exact) mass is 456 g/mol. The van der Waals surface area contributed by atoms with Crippen LogP contribution in [0.4, 0.5) is 13.2 Å². The Kier molecular flexibility index (Phi) is 6.43. The number of halogens is 3. The Morgan fingerprint density at radius 2 is 1.82 bits per heavy atom. The maximum Gasteiger partial charge on any atom is 0.573 e. The standard InChI is InChI=1S/C16H14N4O2.C7H5F3O/c21-16(15-18-10-4-1-2-5-11(10)19-15)20-12-7-9-22-13-6-3-8-17-14(12)13;8-7(9,10)11-6-4-2-1-3-5-6/h1-6,8,12H,7,9H2,(H,18,19)(H,20,21);1-5H. The molecule has 2 N–H and O–H groups in total. The Balaban J connectivity index is 0.000000200. The molecule has 0 fully saturated rings. The van der Waals surface area contributed by atoms with Crippen LogP contribution in [0.1, 0.15) is 28.8 Å². The highest BCUT2D eigenvalue weighted by Gasteiger charge is 2.30. The van der Waals surface area contributed by atoms with Crippen molar-refractivity contribution in [3.05, 3.63) is 84.4 Å². The molecule has 1 aliphatic heterocycles. The van der Waals surface area contributed by atoms with E-state index in [1.54, 1.807) is 12.3 Å². The lowest BCUT2D eigenvalue weighted by molar-refractivity contribution is -0.274. The number of carbonyl (C=O) groups excluding carboxylic acids is 1. The van der Waals surface area contributed by atoms with Crippen LogP contribution < -0.4 is 14.8 Å². The Labute approximate surface area is 186 Å². The van der Waals surface area contributed by atoms with Crippen molar-refractivity contribution in [2.24, 2.45) is 0 Å². The number of benzene rings is 2. The van der Waals surface area contributed by atoms with Crippen molar-refractivity contribution in [3.63, 3.8) is 0 Å². The number of nitrogens with zero attached hydrogens (tertiary/aromatic N) is 2. The minimum atomic E-state index is -4.60. The van der Waals surface area contributed by atoms with Crippen molar-refractivity contribution in [1.82, 2.24) is 20.3 Å². The zero-order valence-electron chi connectivity index (χ0n) is 17.2. The third-order valence-electron chi connectivity index (χ3n) is 4.68. The fourth-order valence-electron chi connectivity index (χ4n) is 3.26. The summed E-state index contributed by atoms with van der Waals surface area (Å²) in [4.78, 5) is 24.1. The average Bonchev–Trinajstić information content (AvgIpc) is 3.24. The molecule has 7 nitrogen and oxygen atoms in total. The van der Waals surface area contributed by atoms with E-state index in [4.69, 9.17) is 4.74 Å². The zero-order chi connectivity index (χ0) is 23.3. The number of amides is 1. The number of aromatic nitrogens is 3. The Morgan fingerprint density at radius 3 is 2.58 bits per heavy atom. The van der Waals surface area contributed by atoms with Crippen LogP contribution in [-0.2, 0) is 0 Å². The number of pyridine rings is 1. The van der Waals surface area contributed by atoms with Gasteiger partial charge in [0.1, 0.15) is 17.2 Å². The maximum absolute atomic E-state index is 12.4. The first-order valence-electron chi connectivity index (χ1n) is 10.0.